The van der Waals surface area contributed by atoms with Gasteiger partial charge in [-0.1, -0.05) is 37.5 Å². The second-order valence-corrected chi connectivity index (χ2v) is 17.0. The number of rotatable bonds is 6. The van der Waals surface area contributed by atoms with Crippen molar-refractivity contribution < 1.29 is 27.5 Å². The van der Waals surface area contributed by atoms with Gasteiger partial charge in [-0.25, -0.2) is 4.72 Å². The van der Waals surface area contributed by atoms with Crippen LogP contribution in [0.3, 0.4) is 0 Å². The Balaban J connectivity index is 1.26. The molecule has 1 N–H and O–H groups in total. The average Bonchev–Trinajstić information content (AvgIpc) is 3.49. The van der Waals surface area contributed by atoms with Crippen LogP contribution < -0.4 is 9.46 Å². The highest BCUT2D eigenvalue weighted by Crippen LogP contribution is 2.55. The lowest BCUT2D eigenvalue weighted by Crippen LogP contribution is -2.47. The van der Waals surface area contributed by atoms with Crippen molar-refractivity contribution in [1.82, 2.24) is 23.4 Å². The van der Waals surface area contributed by atoms with E-state index in [1.165, 1.54) is 38.9 Å². The smallest absolute Gasteiger partial charge is 0.303 e. The van der Waals surface area contributed by atoms with Gasteiger partial charge < -0.3 is 19.1 Å². The summed E-state index contributed by atoms with van der Waals surface area (Å²) in [5.41, 5.74) is 6.23. The van der Waals surface area contributed by atoms with Gasteiger partial charge in [0.25, 0.3) is 5.91 Å². The van der Waals surface area contributed by atoms with E-state index >= 15 is 0 Å². The number of hydrogen-bond donors (Lipinski definition) is 1. The van der Waals surface area contributed by atoms with Gasteiger partial charge in [0.05, 0.1) is 30.2 Å². The number of carbonyl (C=O) groups excluding carboxylic acids is 3. The Morgan fingerprint density at radius 3 is 2.52 bits per heavy atom. The first kappa shape index (κ1) is 33.3. The number of benzene rings is 1. The molecule has 8 rings (SSSR count). The van der Waals surface area contributed by atoms with Crippen LogP contribution in [0, 0.1) is 11.8 Å². The van der Waals surface area contributed by atoms with Crippen molar-refractivity contribution in [3.63, 3.8) is 0 Å². The molecule has 1 saturated carbocycles. The number of hydrogen-bond acceptors (Lipinski definition) is 6. The number of methoxy groups -OCH3 is 1. The van der Waals surface area contributed by atoms with Gasteiger partial charge >= 0.3 is 10.2 Å². The first-order valence-corrected chi connectivity index (χ1v) is 19.6. The third-order valence-corrected chi connectivity index (χ3v) is 13.6. The first-order valence-electron chi connectivity index (χ1n) is 18.1. The van der Waals surface area contributed by atoms with Crippen molar-refractivity contribution in [1.29, 1.82) is 0 Å². The van der Waals surface area contributed by atoms with E-state index in [2.05, 4.69) is 27.5 Å². The van der Waals surface area contributed by atoms with Gasteiger partial charge in [-0.2, -0.15) is 12.7 Å². The molecule has 2 saturated heterocycles. The Morgan fingerprint density at radius 2 is 1.80 bits per heavy atom. The van der Waals surface area contributed by atoms with Crippen molar-refractivity contribution in [2.75, 3.05) is 40.8 Å². The predicted octanol–water partition coefficient (Wildman–Crippen LogP) is 4.37. The quantitative estimate of drug-likeness (QED) is 0.478. The monoisotopic (exact) mass is 701 g/mol. The van der Waals surface area contributed by atoms with E-state index in [0.29, 0.717) is 37.5 Å². The van der Waals surface area contributed by atoms with E-state index in [1.807, 2.05) is 22.0 Å². The van der Waals surface area contributed by atoms with E-state index < -0.39 is 22.0 Å². The molecule has 1 aromatic heterocycles. The third-order valence-electron chi connectivity index (χ3n) is 12.2. The molecule has 3 amide bonds. The van der Waals surface area contributed by atoms with Crippen molar-refractivity contribution in [3.05, 3.63) is 63.9 Å². The fraction of sp³-hybridized carbons (Fsp3) is 0.553. The number of fused-ring (bicyclic) bond motifs is 7. The average molecular weight is 702 g/mol. The lowest BCUT2D eigenvalue weighted by molar-refractivity contribution is -0.136. The number of amides is 3. The maximum atomic E-state index is 14.8. The first-order chi connectivity index (χ1) is 24.0. The van der Waals surface area contributed by atoms with Crippen LogP contribution in [0.1, 0.15) is 81.4 Å². The SMILES string of the molecule is COc1ccc(C2CCCCC2)c2c1cc1n2CC2=C(C(=O)NS(=O)(=O)N(C)C)C2=C2C=CC[C@@H](C(=O)N3CC4CCCN(C(C)=O)C4C3)[C@@H]21. The van der Waals surface area contributed by atoms with Crippen molar-refractivity contribution in [2.24, 2.45) is 11.8 Å². The second kappa shape index (κ2) is 12.4. The molecule has 1 aromatic carbocycles. The van der Waals surface area contributed by atoms with Gasteiger partial charge in [-0.15, -0.1) is 0 Å². The van der Waals surface area contributed by atoms with Crippen molar-refractivity contribution >= 4 is 38.8 Å². The summed E-state index contributed by atoms with van der Waals surface area (Å²) < 4.78 is 37.0. The van der Waals surface area contributed by atoms with Gasteiger partial charge in [-0.05, 0) is 78.4 Å². The molecule has 3 aliphatic carbocycles. The van der Waals surface area contributed by atoms with Crippen molar-refractivity contribution in [3.8, 4) is 5.75 Å². The van der Waals surface area contributed by atoms with Crippen molar-refractivity contribution in [2.45, 2.75) is 82.7 Å². The predicted molar refractivity (Wildman–Crippen MR) is 190 cm³/mol. The standard InChI is InChI=1S/C38H47N5O6S/c1-22(44)42-17-9-12-24-19-41(21-31(24)42)38(46)27-14-8-13-26-33(27)30-18-28-32(49-4)16-15-25(23-10-6-5-7-11-23)36(28)43(30)20-29-34(26)35(29)37(45)39-50(47,48)40(2)3/h8,13,15-16,18,23-24,27,31,33H,5-7,9-12,14,17,19-21H2,1-4H3,(H,39,45)/t24?,27-,31?,33-/m1/s1. The fourth-order valence-corrected chi connectivity index (χ4v) is 10.3. The van der Waals surface area contributed by atoms with Gasteiger partial charge in [0.2, 0.25) is 11.8 Å². The van der Waals surface area contributed by atoms with Crippen LogP contribution in [-0.4, -0.2) is 91.7 Å². The van der Waals surface area contributed by atoms with Gasteiger partial charge in [0.1, 0.15) is 5.75 Å². The molecular weight excluding hydrogens is 655 g/mol. The van der Waals surface area contributed by atoms with Crippen LogP contribution in [0.2, 0.25) is 0 Å². The number of aromatic nitrogens is 1. The molecule has 0 bridgehead atoms. The number of piperidine rings is 1. The molecule has 11 nitrogen and oxygen atoms in total. The summed E-state index contributed by atoms with van der Waals surface area (Å²) in [4.78, 5) is 45.0. The molecule has 2 aromatic rings. The summed E-state index contributed by atoms with van der Waals surface area (Å²) in [6.07, 6.45) is 12.4. The molecule has 6 aliphatic rings. The summed E-state index contributed by atoms with van der Waals surface area (Å²) in [7, 11) is 0.454. The summed E-state index contributed by atoms with van der Waals surface area (Å²) >= 11 is 0. The van der Waals surface area contributed by atoms with E-state index in [4.69, 9.17) is 4.74 Å². The largest absolute Gasteiger partial charge is 0.496 e. The molecule has 266 valence electrons. The van der Waals surface area contributed by atoms with Gasteiger partial charge in [0, 0.05) is 64.2 Å². The van der Waals surface area contributed by atoms with Crippen LogP contribution in [-0.2, 0) is 31.1 Å². The van der Waals surface area contributed by atoms with Crippen LogP contribution >= 0.6 is 0 Å². The Hall–Kier alpha value is -3.90. The zero-order chi connectivity index (χ0) is 35.1. The van der Waals surface area contributed by atoms with E-state index in [9.17, 15) is 22.8 Å². The van der Waals surface area contributed by atoms with E-state index in [0.717, 1.165) is 75.6 Å². The van der Waals surface area contributed by atoms with Crippen LogP contribution in [0.5, 0.6) is 5.75 Å². The minimum Gasteiger partial charge on any atom is -0.496 e. The normalized spacial score (nSPS) is 26.4. The third kappa shape index (κ3) is 5.32. The van der Waals surface area contributed by atoms with Crippen LogP contribution in [0.25, 0.3) is 10.9 Å². The minimum absolute atomic E-state index is 0.0377. The number of likely N-dealkylation sites (tertiary alicyclic amines) is 2. The Bertz CT molecular complexity index is 2000. The molecule has 12 heteroatoms. The highest BCUT2D eigenvalue weighted by Gasteiger charge is 2.50. The maximum Gasteiger partial charge on any atom is 0.303 e. The highest BCUT2D eigenvalue weighted by atomic mass is 32.2. The summed E-state index contributed by atoms with van der Waals surface area (Å²) in [6, 6.07) is 6.50. The number of ether oxygens (including phenoxy) is 1. The zero-order valence-corrected chi connectivity index (χ0v) is 30.2. The van der Waals surface area contributed by atoms with Crippen LogP contribution in [0.15, 0.2) is 52.6 Å². The molecule has 4 heterocycles. The molecule has 3 aliphatic heterocycles. The molecule has 4 atom stereocenters. The topological polar surface area (TPSA) is 121 Å². The Labute approximate surface area is 294 Å². The summed E-state index contributed by atoms with van der Waals surface area (Å²) in [6.45, 7) is 3.92. The van der Waals surface area contributed by atoms with E-state index in [-0.39, 0.29) is 29.7 Å². The maximum absolute atomic E-state index is 14.8. The van der Waals surface area contributed by atoms with Gasteiger partial charge in [-0.3, -0.25) is 14.4 Å². The number of nitrogens with one attached hydrogen (secondary N) is 1. The lowest BCUT2D eigenvalue weighted by Gasteiger charge is -2.36. The fourth-order valence-electron chi connectivity index (χ4n) is 9.75. The van der Waals surface area contributed by atoms with Crippen LogP contribution in [0.4, 0.5) is 0 Å². The number of carbonyl (C=O) groups is 3. The molecule has 2 unspecified atom stereocenters. The molecular formula is C38H47N5O6S. The lowest BCUT2D eigenvalue weighted by atomic mass is 9.76. The van der Waals surface area contributed by atoms with E-state index in [1.54, 1.807) is 14.0 Å². The Kier molecular flexibility index (Phi) is 8.25. The summed E-state index contributed by atoms with van der Waals surface area (Å²) in [5, 5.41) is 1.00. The molecule has 3 fully saturated rings. The number of allylic oxidation sites excluding steroid dienone is 4. The minimum atomic E-state index is -4.01. The number of nitrogens with zero attached hydrogens (tertiary/aromatic N) is 4. The zero-order valence-electron chi connectivity index (χ0n) is 29.4. The molecule has 50 heavy (non-hydrogen) atoms. The van der Waals surface area contributed by atoms with Gasteiger partial charge in [0.15, 0.2) is 0 Å². The second-order valence-electron chi connectivity index (χ2n) is 15.2. The molecule has 0 radical (unpaired) electrons. The summed E-state index contributed by atoms with van der Waals surface area (Å²) in [5.74, 6) is 0.149. The molecule has 0 spiro atoms. The highest BCUT2D eigenvalue weighted by molar-refractivity contribution is 7.87. The Morgan fingerprint density at radius 1 is 1.02 bits per heavy atom.